The van der Waals surface area contributed by atoms with Crippen LogP contribution < -0.4 is 0 Å². The van der Waals surface area contributed by atoms with Crippen molar-refractivity contribution in [3.63, 3.8) is 0 Å². The van der Waals surface area contributed by atoms with Gasteiger partial charge in [0, 0.05) is 28.1 Å². The molecular weight excluding hydrogens is 334 g/mol. The minimum Gasteiger partial charge on any atom is -0.382 e. The van der Waals surface area contributed by atoms with E-state index in [1.54, 1.807) is 12.1 Å². The van der Waals surface area contributed by atoms with Crippen molar-refractivity contribution in [1.82, 2.24) is 5.16 Å². The number of hydrogen-bond donors (Lipinski definition) is 1. The Morgan fingerprint density at radius 3 is 2.76 bits per heavy atom. The van der Waals surface area contributed by atoms with Gasteiger partial charge in [0.25, 0.3) is 0 Å². The largest absolute Gasteiger partial charge is 0.382 e. The van der Waals surface area contributed by atoms with Gasteiger partial charge in [-0.2, -0.15) is 0 Å². The smallest absolute Gasteiger partial charge is 0.167 e. The number of rotatable bonds is 3. The van der Waals surface area contributed by atoms with Crippen LogP contribution in [0, 0.1) is 0 Å². The average molecular weight is 348 g/mol. The lowest BCUT2D eigenvalue weighted by Crippen LogP contribution is -2.14. The van der Waals surface area contributed by atoms with Crippen LogP contribution in [-0.4, -0.2) is 16.0 Å². The molecule has 4 nitrogen and oxygen atoms in total. The maximum Gasteiger partial charge on any atom is 0.167 e. The number of hydrogen-bond acceptors (Lipinski definition) is 4. The molecule has 1 aromatic carbocycles. The highest BCUT2D eigenvalue weighted by atomic mass is 79.9. The fourth-order valence-corrected chi connectivity index (χ4v) is 2.63. The summed E-state index contributed by atoms with van der Waals surface area (Å²) in [6.07, 6.45) is 2.93. The van der Waals surface area contributed by atoms with Gasteiger partial charge in [-0.1, -0.05) is 39.3 Å². The summed E-state index contributed by atoms with van der Waals surface area (Å²) >= 11 is 3.37. The molecule has 1 aliphatic carbocycles. The summed E-state index contributed by atoms with van der Waals surface area (Å²) in [6, 6.07) is 9.27. The molecule has 0 bridgehead atoms. The molecule has 0 radical (unpaired) electrons. The molecule has 0 saturated carbocycles. The normalized spacial score (nSPS) is 16.7. The van der Waals surface area contributed by atoms with Crippen LogP contribution in [0.25, 0.3) is 11.3 Å². The summed E-state index contributed by atoms with van der Waals surface area (Å²) in [7, 11) is 0. The zero-order valence-corrected chi connectivity index (χ0v) is 12.8. The van der Waals surface area contributed by atoms with Crippen LogP contribution in [0.3, 0.4) is 0 Å². The molecule has 1 N–H and O–H groups in total. The lowest BCUT2D eigenvalue weighted by molar-refractivity contribution is -0.117. The van der Waals surface area contributed by atoms with Crippen molar-refractivity contribution in [2.75, 3.05) is 0 Å². The number of halogens is 1. The molecule has 21 heavy (non-hydrogen) atoms. The SMILES string of the molecule is O=C1CCCC=C1C(O)c1cc(-c2ccc(Br)cc2)on1. The summed E-state index contributed by atoms with van der Waals surface area (Å²) in [5.41, 5.74) is 1.67. The Labute approximate surface area is 130 Å². The molecule has 0 fully saturated rings. The predicted octanol–water partition coefficient (Wildman–Crippen LogP) is 3.82. The van der Waals surface area contributed by atoms with Gasteiger partial charge >= 0.3 is 0 Å². The number of ketones is 1. The highest BCUT2D eigenvalue weighted by Gasteiger charge is 2.25. The molecule has 0 spiro atoms. The molecule has 1 aromatic heterocycles. The third-order valence-electron chi connectivity index (χ3n) is 3.53. The van der Waals surface area contributed by atoms with E-state index in [2.05, 4.69) is 21.1 Å². The molecule has 5 heteroatoms. The number of aliphatic hydroxyl groups is 1. The Morgan fingerprint density at radius 2 is 2.05 bits per heavy atom. The Balaban J connectivity index is 1.86. The second-order valence-electron chi connectivity index (χ2n) is 5.00. The van der Waals surface area contributed by atoms with Gasteiger partial charge in [0.1, 0.15) is 11.8 Å². The van der Waals surface area contributed by atoms with E-state index in [1.807, 2.05) is 24.3 Å². The highest BCUT2D eigenvalue weighted by molar-refractivity contribution is 9.10. The van der Waals surface area contributed by atoms with Gasteiger partial charge < -0.3 is 9.63 Å². The standard InChI is InChI=1S/C16H14BrNO3/c17-11-7-5-10(6-8-11)15-9-13(18-21-15)16(20)12-3-1-2-4-14(12)19/h3,5-9,16,20H,1-2,4H2. The Bertz CT molecular complexity index is 688. The van der Waals surface area contributed by atoms with Crippen LogP contribution in [-0.2, 0) is 4.79 Å². The molecule has 108 valence electrons. The predicted molar refractivity (Wildman–Crippen MR) is 81.5 cm³/mol. The number of benzene rings is 1. The Morgan fingerprint density at radius 1 is 1.29 bits per heavy atom. The van der Waals surface area contributed by atoms with E-state index in [0.717, 1.165) is 22.9 Å². The lowest BCUT2D eigenvalue weighted by Gasteiger charge is -2.15. The quantitative estimate of drug-likeness (QED) is 0.916. The van der Waals surface area contributed by atoms with Crippen LogP contribution in [0.1, 0.15) is 31.1 Å². The minimum atomic E-state index is -1.01. The van der Waals surface area contributed by atoms with E-state index < -0.39 is 6.10 Å². The van der Waals surface area contributed by atoms with Gasteiger partial charge in [-0.05, 0) is 25.0 Å². The highest BCUT2D eigenvalue weighted by Crippen LogP contribution is 2.30. The molecule has 1 unspecified atom stereocenters. The monoisotopic (exact) mass is 347 g/mol. The van der Waals surface area contributed by atoms with E-state index in [1.165, 1.54) is 0 Å². The fraction of sp³-hybridized carbons (Fsp3) is 0.250. The van der Waals surface area contributed by atoms with Crippen molar-refractivity contribution in [3.8, 4) is 11.3 Å². The Kier molecular flexibility index (Phi) is 4.03. The average Bonchev–Trinajstić information content (AvgIpc) is 2.98. The maximum absolute atomic E-state index is 11.8. The number of nitrogens with zero attached hydrogens (tertiary/aromatic N) is 1. The third-order valence-corrected chi connectivity index (χ3v) is 4.05. The molecule has 0 saturated heterocycles. The molecule has 3 rings (SSSR count). The maximum atomic E-state index is 11.8. The van der Waals surface area contributed by atoms with Crippen molar-refractivity contribution in [1.29, 1.82) is 0 Å². The van der Waals surface area contributed by atoms with E-state index in [0.29, 0.717) is 23.4 Å². The lowest BCUT2D eigenvalue weighted by atomic mass is 9.92. The molecule has 2 aromatic rings. The molecular formula is C16H14BrNO3. The fourth-order valence-electron chi connectivity index (χ4n) is 2.37. The number of aromatic nitrogens is 1. The summed E-state index contributed by atoms with van der Waals surface area (Å²) in [5, 5.41) is 14.2. The molecule has 1 heterocycles. The summed E-state index contributed by atoms with van der Waals surface area (Å²) in [6.45, 7) is 0. The second-order valence-corrected chi connectivity index (χ2v) is 5.92. The van der Waals surface area contributed by atoms with E-state index in [4.69, 9.17) is 4.52 Å². The van der Waals surface area contributed by atoms with Crippen molar-refractivity contribution in [2.45, 2.75) is 25.4 Å². The first-order valence-electron chi connectivity index (χ1n) is 6.79. The molecule has 1 atom stereocenters. The van der Waals surface area contributed by atoms with Gasteiger partial charge in [0.2, 0.25) is 0 Å². The summed E-state index contributed by atoms with van der Waals surface area (Å²) in [5.74, 6) is 0.558. The van der Waals surface area contributed by atoms with Crippen molar-refractivity contribution in [3.05, 3.63) is 52.1 Å². The van der Waals surface area contributed by atoms with Crippen LogP contribution in [0.15, 0.2) is 51.0 Å². The Hall–Kier alpha value is -1.72. The minimum absolute atomic E-state index is 0.0121. The molecule has 0 amide bonds. The number of carbonyl (C=O) groups is 1. The molecule has 0 aliphatic heterocycles. The van der Waals surface area contributed by atoms with Gasteiger partial charge in [-0.3, -0.25) is 4.79 Å². The van der Waals surface area contributed by atoms with Gasteiger partial charge in [0.05, 0.1) is 0 Å². The van der Waals surface area contributed by atoms with Crippen LogP contribution in [0.5, 0.6) is 0 Å². The summed E-state index contributed by atoms with van der Waals surface area (Å²) < 4.78 is 6.25. The summed E-state index contributed by atoms with van der Waals surface area (Å²) in [4.78, 5) is 11.8. The van der Waals surface area contributed by atoms with Crippen LogP contribution in [0.2, 0.25) is 0 Å². The molecule has 1 aliphatic rings. The van der Waals surface area contributed by atoms with E-state index in [9.17, 15) is 9.90 Å². The van der Waals surface area contributed by atoms with Crippen molar-refractivity contribution >= 4 is 21.7 Å². The van der Waals surface area contributed by atoms with Crippen LogP contribution >= 0.6 is 15.9 Å². The van der Waals surface area contributed by atoms with Crippen molar-refractivity contribution in [2.24, 2.45) is 0 Å². The number of Topliss-reactive ketones (excluding diaryl/α,β-unsaturated/α-hetero) is 1. The van der Waals surface area contributed by atoms with Crippen LogP contribution in [0.4, 0.5) is 0 Å². The van der Waals surface area contributed by atoms with Gasteiger partial charge in [0.15, 0.2) is 11.5 Å². The van der Waals surface area contributed by atoms with E-state index in [-0.39, 0.29) is 5.78 Å². The van der Waals surface area contributed by atoms with Crippen molar-refractivity contribution < 1.29 is 14.4 Å². The number of allylic oxidation sites excluding steroid dienone is 1. The second kappa shape index (κ2) is 5.95. The zero-order chi connectivity index (χ0) is 14.8. The number of aliphatic hydroxyl groups excluding tert-OH is 1. The van der Waals surface area contributed by atoms with Gasteiger partial charge in [-0.15, -0.1) is 0 Å². The first kappa shape index (κ1) is 14.2. The topological polar surface area (TPSA) is 63.3 Å². The third kappa shape index (κ3) is 2.99. The van der Waals surface area contributed by atoms with E-state index >= 15 is 0 Å². The number of carbonyl (C=O) groups excluding carboxylic acids is 1. The zero-order valence-electron chi connectivity index (χ0n) is 11.3. The first-order valence-corrected chi connectivity index (χ1v) is 7.58. The van der Waals surface area contributed by atoms with Gasteiger partial charge in [-0.25, -0.2) is 0 Å². The first-order chi connectivity index (χ1) is 10.1.